The molecule has 0 radical (unpaired) electrons. The summed E-state index contributed by atoms with van der Waals surface area (Å²) in [4.78, 5) is 12.9. The van der Waals surface area contributed by atoms with E-state index in [2.05, 4.69) is 12.2 Å². The van der Waals surface area contributed by atoms with Gasteiger partial charge in [0.1, 0.15) is 6.54 Å². The number of rotatable bonds is 8. The van der Waals surface area contributed by atoms with Gasteiger partial charge in [0.15, 0.2) is 0 Å². The highest BCUT2D eigenvalue weighted by molar-refractivity contribution is 7.92. The molecule has 1 atom stereocenters. The van der Waals surface area contributed by atoms with Crippen LogP contribution in [0.3, 0.4) is 0 Å². The number of benzene rings is 3. The van der Waals surface area contributed by atoms with Gasteiger partial charge in [0, 0.05) is 10.0 Å². The summed E-state index contributed by atoms with van der Waals surface area (Å²) in [7, 11) is -4.04. The number of aryl methyl sites for hydroxylation is 1. The second kappa shape index (κ2) is 10.4. The Bertz CT molecular complexity index is 1180. The van der Waals surface area contributed by atoms with Gasteiger partial charge in [0.2, 0.25) is 5.91 Å². The molecule has 3 aromatic rings. The van der Waals surface area contributed by atoms with E-state index < -0.39 is 22.5 Å². The highest BCUT2D eigenvalue weighted by atomic mass is 35.5. The van der Waals surface area contributed by atoms with E-state index in [1.165, 1.54) is 35.9 Å². The predicted molar refractivity (Wildman–Crippen MR) is 130 cm³/mol. The van der Waals surface area contributed by atoms with Crippen LogP contribution in [-0.4, -0.2) is 20.9 Å². The third-order valence-electron chi connectivity index (χ3n) is 5.05. The van der Waals surface area contributed by atoms with Gasteiger partial charge >= 0.3 is 0 Å². The monoisotopic (exact) mass is 490 g/mol. The van der Waals surface area contributed by atoms with Crippen molar-refractivity contribution in [3.05, 3.63) is 94.0 Å². The number of nitrogens with zero attached hydrogens (tertiary/aromatic N) is 1. The molecule has 168 valence electrons. The van der Waals surface area contributed by atoms with Crippen LogP contribution in [0, 0.1) is 0 Å². The minimum Gasteiger partial charge on any atom is -0.348 e. The first kappa shape index (κ1) is 24.1. The van der Waals surface area contributed by atoms with Crippen LogP contribution >= 0.6 is 23.2 Å². The van der Waals surface area contributed by atoms with Gasteiger partial charge in [-0.15, -0.1) is 0 Å². The molecule has 0 bridgehead atoms. The maximum atomic E-state index is 13.4. The van der Waals surface area contributed by atoms with Crippen molar-refractivity contribution >= 4 is 44.8 Å². The molecule has 0 aliphatic rings. The SMILES string of the molecule is CCc1ccc([C@@H](C)NC(=O)CN(c2cccc(Cl)c2)S(=O)(=O)c2ccc(Cl)cc2)cc1. The smallest absolute Gasteiger partial charge is 0.264 e. The minimum atomic E-state index is -4.04. The van der Waals surface area contributed by atoms with Gasteiger partial charge in [-0.3, -0.25) is 9.10 Å². The Morgan fingerprint density at radius 2 is 1.62 bits per heavy atom. The Morgan fingerprint density at radius 3 is 2.22 bits per heavy atom. The van der Waals surface area contributed by atoms with Gasteiger partial charge in [-0.25, -0.2) is 8.42 Å². The Balaban J connectivity index is 1.86. The number of halogens is 2. The fourth-order valence-corrected chi connectivity index (χ4v) is 4.95. The van der Waals surface area contributed by atoms with Crippen molar-refractivity contribution < 1.29 is 13.2 Å². The Morgan fingerprint density at radius 1 is 0.969 bits per heavy atom. The lowest BCUT2D eigenvalue weighted by Gasteiger charge is -2.25. The van der Waals surface area contributed by atoms with E-state index in [9.17, 15) is 13.2 Å². The van der Waals surface area contributed by atoms with Crippen LogP contribution in [-0.2, 0) is 21.2 Å². The summed E-state index contributed by atoms with van der Waals surface area (Å²) in [5, 5.41) is 3.66. The first-order valence-corrected chi connectivity index (χ1v) is 12.3. The minimum absolute atomic E-state index is 0.0258. The van der Waals surface area contributed by atoms with Crippen LogP contribution in [0.4, 0.5) is 5.69 Å². The third-order valence-corrected chi connectivity index (χ3v) is 7.33. The van der Waals surface area contributed by atoms with E-state index in [0.717, 1.165) is 16.3 Å². The van der Waals surface area contributed by atoms with Crippen LogP contribution < -0.4 is 9.62 Å². The van der Waals surface area contributed by atoms with Gasteiger partial charge in [-0.05, 0) is 66.9 Å². The topological polar surface area (TPSA) is 66.5 Å². The summed E-state index contributed by atoms with van der Waals surface area (Å²) in [5.41, 5.74) is 2.43. The molecule has 0 aromatic heterocycles. The number of nitrogens with one attached hydrogen (secondary N) is 1. The average molecular weight is 491 g/mol. The molecule has 5 nitrogen and oxygen atoms in total. The number of hydrogen-bond acceptors (Lipinski definition) is 3. The molecule has 0 saturated heterocycles. The van der Waals surface area contributed by atoms with E-state index in [1.807, 2.05) is 31.2 Å². The molecule has 3 rings (SSSR count). The molecule has 0 aliphatic heterocycles. The fraction of sp³-hybridized carbons (Fsp3) is 0.208. The van der Waals surface area contributed by atoms with Crippen LogP contribution in [0.5, 0.6) is 0 Å². The lowest BCUT2D eigenvalue weighted by atomic mass is 10.1. The first-order chi connectivity index (χ1) is 15.2. The zero-order chi connectivity index (χ0) is 23.3. The number of sulfonamides is 1. The predicted octanol–water partition coefficient (Wildman–Crippen LogP) is 5.63. The Kier molecular flexibility index (Phi) is 7.82. The normalized spacial score (nSPS) is 12.2. The molecule has 0 fully saturated rings. The summed E-state index contributed by atoms with van der Waals surface area (Å²) in [5.74, 6) is -0.436. The van der Waals surface area contributed by atoms with Gasteiger partial charge in [-0.2, -0.15) is 0 Å². The molecule has 0 spiro atoms. The molecule has 0 unspecified atom stereocenters. The highest BCUT2D eigenvalue weighted by Gasteiger charge is 2.28. The van der Waals surface area contributed by atoms with Crippen molar-refractivity contribution in [1.82, 2.24) is 5.32 Å². The van der Waals surface area contributed by atoms with Crippen LogP contribution in [0.1, 0.15) is 31.0 Å². The molecular formula is C24H24Cl2N2O3S. The summed E-state index contributed by atoms with van der Waals surface area (Å²) in [6, 6.07) is 19.9. The number of amides is 1. The third kappa shape index (κ3) is 5.82. The number of carbonyl (C=O) groups is 1. The van der Waals surface area contributed by atoms with Gasteiger partial charge in [0.05, 0.1) is 16.6 Å². The number of anilines is 1. The average Bonchev–Trinajstić information content (AvgIpc) is 2.77. The summed E-state index contributed by atoms with van der Waals surface area (Å²) in [6.45, 7) is 3.53. The zero-order valence-electron chi connectivity index (χ0n) is 17.8. The molecule has 8 heteroatoms. The van der Waals surface area contributed by atoms with Crippen molar-refractivity contribution in [1.29, 1.82) is 0 Å². The molecule has 0 heterocycles. The standard InChI is InChI=1S/C24H24Cl2N2O3S/c1-3-18-7-9-19(10-8-18)17(2)27-24(29)16-28(22-6-4-5-21(26)15-22)32(30,31)23-13-11-20(25)12-14-23/h4-15,17H,3,16H2,1-2H3,(H,27,29)/t17-/m1/s1. The van der Waals surface area contributed by atoms with E-state index in [-0.39, 0.29) is 10.9 Å². The van der Waals surface area contributed by atoms with Crippen molar-refractivity contribution in [2.75, 3.05) is 10.8 Å². The molecule has 0 saturated carbocycles. The van der Waals surface area contributed by atoms with E-state index in [0.29, 0.717) is 15.7 Å². The number of carbonyl (C=O) groups excluding carboxylic acids is 1. The van der Waals surface area contributed by atoms with Crippen molar-refractivity contribution in [2.45, 2.75) is 31.2 Å². The molecule has 1 N–H and O–H groups in total. The Labute approximate surface area is 199 Å². The van der Waals surface area contributed by atoms with Crippen LogP contribution in [0.15, 0.2) is 77.7 Å². The Hall–Kier alpha value is -2.54. The van der Waals surface area contributed by atoms with Gasteiger partial charge in [-0.1, -0.05) is 60.5 Å². The second-order valence-corrected chi connectivity index (χ2v) is 10.1. The summed E-state index contributed by atoms with van der Waals surface area (Å²) < 4.78 is 27.8. The molecular weight excluding hydrogens is 467 g/mol. The largest absolute Gasteiger partial charge is 0.348 e. The molecule has 1 amide bonds. The zero-order valence-corrected chi connectivity index (χ0v) is 20.1. The van der Waals surface area contributed by atoms with Gasteiger partial charge in [0.25, 0.3) is 10.0 Å². The summed E-state index contributed by atoms with van der Waals surface area (Å²) >= 11 is 12.0. The molecule has 0 aliphatic carbocycles. The maximum Gasteiger partial charge on any atom is 0.264 e. The highest BCUT2D eigenvalue weighted by Crippen LogP contribution is 2.27. The van der Waals surface area contributed by atoms with E-state index in [4.69, 9.17) is 23.2 Å². The second-order valence-electron chi connectivity index (χ2n) is 7.33. The molecule has 32 heavy (non-hydrogen) atoms. The van der Waals surface area contributed by atoms with Crippen molar-refractivity contribution in [3.8, 4) is 0 Å². The van der Waals surface area contributed by atoms with E-state index >= 15 is 0 Å². The molecule has 3 aromatic carbocycles. The van der Waals surface area contributed by atoms with Crippen molar-refractivity contribution in [3.63, 3.8) is 0 Å². The van der Waals surface area contributed by atoms with Crippen LogP contribution in [0.25, 0.3) is 0 Å². The fourth-order valence-electron chi connectivity index (χ4n) is 3.22. The quantitative estimate of drug-likeness (QED) is 0.444. The maximum absolute atomic E-state index is 13.4. The van der Waals surface area contributed by atoms with Gasteiger partial charge < -0.3 is 5.32 Å². The number of hydrogen-bond donors (Lipinski definition) is 1. The first-order valence-electron chi connectivity index (χ1n) is 10.1. The summed E-state index contributed by atoms with van der Waals surface area (Å²) in [6.07, 6.45) is 0.929. The van der Waals surface area contributed by atoms with E-state index in [1.54, 1.807) is 18.2 Å². The lowest BCUT2D eigenvalue weighted by Crippen LogP contribution is -2.41. The lowest BCUT2D eigenvalue weighted by molar-refractivity contribution is -0.120. The van der Waals surface area contributed by atoms with Crippen molar-refractivity contribution in [2.24, 2.45) is 0 Å². The van der Waals surface area contributed by atoms with Crippen LogP contribution in [0.2, 0.25) is 10.0 Å².